The highest BCUT2D eigenvalue weighted by atomic mass is 35.5. The molecule has 0 aliphatic carbocycles. The van der Waals surface area contributed by atoms with Gasteiger partial charge in [0.05, 0.1) is 30.0 Å². The van der Waals surface area contributed by atoms with Crippen LogP contribution < -0.4 is 15.5 Å². The van der Waals surface area contributed by atoms with Crippen LogP contribution >= 0.6 is 11.6 Å². The van der Waals surface area contributed by atoms with Crippen LogP contribution in [0.25, 0.3) is 0 Å². The molecule has 3 saturated heterocycles. The minimum atomic E-state index is -1.05. The van der Waals surface area contributed by atoms with Gasteiger partial charge < -0.3 is 15.1 Å². The number of nitrogens with zero attached hydrogens (tertiary/aromatic N) is 5. The summed E-state index contributed by atoms with van der Waals surface area (Å²) in [5, 5.41) is 5.91. The van der Waals surface area contributed by atoms with Gasteiger partial charge >= 0.3 is 0 Å². The highest BCUT2D eigenvalue weighted by molar-refractivity contribution is 6.30. The third-order valence-electron chi connectivity index (χ3n) is 9.79. The van der Waals surface area contributed by atoms with E-state index >= 15 is 4.39 Å². The van der Waals surface area contributed by atoms with Crippen molar-refractivity contribution in [2.75, 3.05) is 36.4 Å². The zero-order chi connectivity index (χ0) is 31.8. The van der Waals surface area contributed by atoms with E-state index in [0.29, 0.717) is 48.4 Å². The van der Waals surface area contributed by atoms with Crippen molar-refractivity contribution in [2.24, 2.45) is 0 Å². The molecule has 0 radical (unpaired) electrons. The lowest BCUT2D eigenvalue weighted by atomic mass is 9.87. The Morgan fingerprint density at radius 3 is 2.43 bits per heavy atom. The first kappa shape index (κ1) is 30.6. The van der Waals surface area contributed by atoms with Gasteiger partial charge in [0.2, 0.25) is 17.8 Å². The van der Waals surface area contributed by atoms with E-state index in [9.17, 15) is 14.4 Å². The molecule has 12 heteroatoms. The number of nitrogens with one attached hydrogen (secondary N) is 2. The fourth-order valence-corrected chi connectivity index (χ4v) is 7.30. The van der Waals surface area contributed by atoms with E-state index in [1.165, 1.54) is 23.5 Å². The summed E-state index contributed by atoms with van der Waals surface area (Å²) in [6, 6.07) is 13.7. The molecule has 3 amide bonds. The summed E-state index contributed by atoms with van der Waals surface area (Å²) < 4.78 is 15.1. The third-order valence-corrected chi connectivity index (χ3v) is 9.99. The average Bonchev–Trinajstić information content (AvgIpc) is 3.39. The zero-order valence-corrected chi connectivity index (χ0v) is 26.3. The van der Waals surface area contributed by atoms with Crippen LogP contribution in [0.4, 0.5) is 16.0 Å². The van der Waals surface area contributed by atoms with Gasteiger partial charge in [-0.1, -0.05) is 35.9 Å². The Morgan fingerprint density at radius 1 is 0.957 bits per heavy atom. The number of amides is 3. The Labute approximate surface area is 272 Å². The van der Waals surface area contributed by atoms with Crippen LogP contribution in [0.15, 0.2) is 54.9 Å². The van der Waals surface area contributed by atoms with E-state index in [2.05, 4.69) is 66.8 Å². The SMILES string of the molecule is O=C1CCC(N2Cc3cc(C4CCN(Cc5ccc(N6CC[C@H](Nc7ncc(Cl)cn7)[C@@H](F)C6)cc5)CC4)ccc3C2=O)C(=O)N1. The number of benzene rings is 2. The molecule has 3 fully saturated rings. The number of alkyl halides is 1. The maximum absolute atomic E-state index is 15.1. The highest BCUT2D eigenvalue weighted by Crippen LogP contribution is 2.34. The average molecular weight is 646 g/mol. The van der Waals surface area contributed by atoms with Gasteiger partial charge in [0, 0.05) is 37.3 Å². The second-order valence-corrected chi connectivity index (χ2v) is 13.2. The largest absolute Gasteiger partial charge is 0.368 e. The van der Waals surface area contributed by atoms with Crippen molar-refractivity contribution in [3.63, 3.8) is 0 Å². The molecule has 1 unspecified atom stereocenters. The third kappa shape index (κ3) is 6.43. The number of anilines is 2. The van der Waals surface area contributed by atoms with Crippen LogP contribution in [-0.2, 0) is 22.7 Å². The molecule has 240 valence electrons. The molecule has 2 aromatic carbocycles. The van der Waals surface area contributed by atoms with Gasteiger partial charge in [-0.2, -0.15) is 0 Å². The van der Waals surface area contributed by atoms with E-state index in [1.807, 2.05) is 6.07 Å². The first-order chi connectivity index (χ1) is 22.3. The van der Waals surface area contributed by atoms with Crippen molar-refractivity contribution in [1.82, 2.24) is 25.1 Å². The molecule has 7 rings (SSSR count). The number of piperidine rings is 3. The highest BCUT2D eigenvalue weighted by Gasteiger charge is 2.39. The van der Waals surface area contributed by atoms with E-state index in [0.717, 1.165) is 50.3 Å². The number of hydrogen-bond donors (Lipinski definition) is 2. The van der Waals surface area contributed by atoms with Crippen molar-refractivity contribution in [1.29, 1.82) is 0 Å². The number of imide groups is 1. The van der Waals surface area contributed by atoms with Crippen molar-refractivity contribution in [3.05, 3.63) is 82.1 Å². The molecule has 3 atom stereocenters. The standard InChI is InChI=1S/C34H37ClFN7O3/c35-25-16-37-34(38-17-25)39-29-11-14-42(20-28(29)36)26-4-1-21(2-5-26)18-41-12-9-22(10-13-41)23-3-6-27-24(15-23)19-43(33(27)46)30-7-8-31(44)40-32(30)45/h1-6,15-17,22,28-30H,7-14,18-20H2,(H,37,38,39)(H,40,44,45)/t28-,29-,30?/m0/s1. The minimum Gasteiger partial charge on any atom is -0.368 e. The fourth-order valence-electron chi connectivity index (χ4n) is 7.20. The lowest BCUT2D eigenvalue weighted by Crippen LogP contribution is -2.52. The molecular weight excluding hydrogens is 609 g/mol. The molecule has 46 heavy (non-hydrogen) atoms. The number of halogens is 2. The second kappa shape index (κ2) is 13.0. The van der Waals surface area contributed by atoms with E-state index in [1.54, 1.807) is 4.90 Å². The summed E-state index contributed by atoms with van der Waals surface area (Å²) in [7, 11) is 0. The Hall–Kier alpha value is -4.09. The summed E-state index contributed by atoms with van der Waals surface area (Å²) in [6.07, 6.45) is 5.28. The van der Waals surface area contributed by atoms with Crippen LogP contribution in [0.1, 0.15) is 65.1 Å². The van der Waals surface area contributed by atoms with Crippen LogP contribution in [0.2, 0.25) is 5.02 Å². The number of aromatic nitrogens is 2. The number of carbonyl (C=O) groups is 3. The summed E-state index contributed by atoms with van der Waals surface area (Å²) >= 11 is 5.85. The van der Waals surface area contributed by atoms with E-state index in [4.69, 9.17) is 11.6 Å². The van der Waals surface area contributed by atoms with Crippen LogP contribution in [0, 0.1) is 0 Å². The smallest absolute Gasteiger partial charge is 0.255 e. The molecule has 4 aliphatic rings. The molecule has 0 bridgehead atoms. The predicted molar refractivity (Wildman–Crippen MR) is 172 cm³/mol. The first-order valence-corrected chi connectivity index (χ1v) is 16.4. The van der Waals surface area contributed by atoms with Gasteiger partial charge in [0.25, 0.3) is 5.91 Å². The van der Waals surface area contributed by atoms with Crippen LogP contribution in [-0.4, -0.2) is 81.9 Å². The maximum atomic E-state index is 15.1. The molecule has 5 heterocycles. The number of carbonyl (C=O) groups excluding carboxylic acids is 3. The summed E-state index contributed by atoms with van der Waals surface area (Å²) in [6.45, 7) is 4.28. The Balaban J connectivity index is 0.892. The van der Waals surface area contributed by atoms with E-state index in [-0.39, 0.29) is 30.2 Å². The molecule has 4 aliphatic heterocycles. The number of rotatable bonds is 7. The summed E-state index contributed by atoms with van der Waals surface area (Å²) in [5.41, 5.74) is 5.12. The van der Waals surface area contributed by atoms with Gasteiger partial charge in [-0.25, -0.2) is 14.4 Å². The minimum absolute atomic E-state index is 0.132. The van der Waals surface area contributed by atoms with Crippen molar-refractivity contribution in [2.45, 2.75) is 69.4 Å². The molecule has 0 spiro atoms. The van der Waals surface area contributed by atoms with E-state index < -0.39 is 12.2 Å². The molecule has 10 nitrogen and oxygen atoms in total. The lowest BCUT2D eigenvalue weighted by molar-refractivity contribution is -0.136. The molecule has 0 saturated carbocycles. The number of likely N-dealkylation sites (tertiary alicyclic amines) is 1. The Kier molecular flexibility index (Phi) is 8.61. The fraction of sp³-hybridized carbons (Fsp3) is 0.441. The second-order valence-electron chi connectivity index (χ2n) is 12.8. The number of fused-ring (bicyclic) bond motifs is 1. The molecule has 1 aromatic heterocycles. The predicted octanol–water partition coefficient (Wildman–Crippen LogP) is 4.30. The Morgan fingerprint density at radius 2 is 1.72 bits per heavy atom. The van der Waals surface area contributed by atoms with Crippen LogP contribution in [0.5, 0.6) is 0 Å². The van der Waals surface area contributed by atoms with Crippen molar-refractivity contribution in [3.8, 4) is 0 Å². The first-order valence-electron chi connectivity index (χ1n) is 16.0. The quantitative estimate of drug-likeness (QED) is 0.366. The zero-order valence-electron chi connectivity index (χ0n) is 25.5. The summed E-state index contributed by atoms with van der Waals surface area (Å²) in [4.78, 5) is 51.4. The lowest BCUT2D eigenvalue weighted by Gasteiger charge is -2.36. The number of hydrogen-bond acceptors (Lipinski definition) is 8. The maximum Gasteiger partial charge on any atom is 0.255 e. The Bertz CT molecular complexity index is 1610. The molecule has 3 aromatic rings. The van der Waals surface area contributed by atoms with Crippen molar-refractivity contribution >= 4 is 41.0 Å². The van der Waals surface area contributed by atoms with Gasteiger partial charge in [-0.05, 0) is 79.6 Å². The molecular formula is C34H37ClFN7O3. The summed E-state index contributed by atoms with van der Waals surface area (Å²) in [5.74, 6) is 0.0147. The topological polar surface area (TPSA) is 111 Å². The van der Waals surface area contributed by atoms with Gasteiger partial charge in [-0.3, -0.25) is 24.6 Å². The van der Waals surface area contributed by atoms with Gasteiger partial charge in [-0.15, -0.1) is 0 Å². The van der Waals surface area contributed by atoms with Crippen LogP contribution in [0.3, 0.4) is 0 Å². The van der Waals surface area contributed by atoms with Crippen molar-refractivity contribution < 1.29 is 18.8 Å². The molecule has 2 N–H and O–H groups in total. The van der Waals surface area contributed by atoms with Gasteiger partial charge in [0.15, 0.2) is 0 Å². The monoisotopic (exact) mass is 645 g/mol. The van der Waals surface area contributed by atoms with Gasteiger partial charge in [0.1, 0.15) is 12.2 Å². The normalized spacial score (nSPS) is 24.2.